The third-order valence-electron chi connectivity index (χ3n) is 4.15. The number of rotatable bonds is 5. The van der Waals surface area contributed by atoms with E-state index in [1.54, 1.807) is 24.2 Å². The van der Waals surface area contributed by atoms with Crippen molar-refractivity contribution in [3.8, 4) is 11.3 Å². The maximum atomic E-state index is 10.0. The third-order valence-corrected chi connectivity index (χ3v) is 4.15. The quantitative estimate of drug-likeness (QED) is 0.509. The number of aliphatic hydroxyl groups excluding tert-OH is 1. The van der Waals surface area contributed by atoms with E-state index in [0.29, 0.717) is 12.4 Å². The number of hydrogen-bond acceptors (Lipinski definition) is 6. The molecule has 4 N–H and O–H groups in total. The highest BCUT2D eigenvalue weighted by molar-refractivity contribution is 6.08. The van der Waals surface area contributed by atoms with Crippen molar-refractivity contribution < 1.29 is 9.84 Å². The van der Waals surface area contributed by atoms with Gasteiger partial charge in [-0.05, 0) is 18.2 Å². The van der Waals surface area contributed by atoms with Crippen LogP contribution in [-0.4, -0.2) is 49.9 Å². The molecule has 4 aromatic rings. The molecule has 0 amide bonds. The van der Waals surface area contributed by atoms with Crippen LogP contribution in [0.1, 0.15) is 0 Å². The molecule has 1 aromatic carbocycles. The van der Waals surface area contributed by atoms with Gasteiger partial charge in [0.25, 0.3) is 0 Å². The van der Waals surface area contributed by atoms with E-state index >= 15 is 0 Å². The van der Waals surface area contributed by atoms with Gasteiger partial charge in [-0.3, -0.25) is 9.78 Å². The van der Waals surface area contributed by atoms with E-state index in [-0.39, 0.29) is 6.61 Å². The van der Waals surface area contributed by atoms with Crippen molar-refractivity contribution in [2.75, 3.05) is 19.5 Å². The average molecular weight is 338 g/mol. The second-order valence-electron chi connectivity index (χ2n) is 5.89. The summed E-state index contributed by atoms with van der Waals surface area (Å²) in [7, 11) is 1.55. The van der Waals surface area contributed by atoms with Crippen LogP contribution in [0, 0.1) is 0 Å². The van der Waals surface area contributed by atoms with Crippen molar-refractivity contribution in [1.29, 1.82) is 0 Å². The fourth-order valence-electron chi connectivity index (χ4n) is 3.03. The lowest BCUT2D eigenvalue weighted by Gasteiger charge is -2.12. The first-order valence-corrected chi connectivity index (χ1v) is 7.89. The van der Waals surface area contributed by atoms with E-state index in [4.69, 9.17) is 10.5 Å². The molecule has 0 radical (unpaired) electrons. The molecule has 25 heavy (non-hydrogen) atoms. The van der Waals surface area contributed by atoms with Crippen molar-refractivity contribution in [2.24, 2.45) is 0 Å². The van der Waals surface area contributed by atoms with Crippen molar-refractivity contribution in [3.05, 3.63) is 36.7 Å². The molecule has 0 aliphatic rings. The molecule has 0 saturated heterocycles. The molecule has 3 aromatic heterocycles. The van der Waals surface area contributed by atoms with Gasteiger partial charge in [0.2, 0.25) is 0 Å². The summed E-state index contributed by atoms with van der Waals surface area (Å²) >= 11 is 0. The van der Waals surface area contributed by atoms with Crippen LogP contribution >= 0.6 is 0 Å². The number of methoxy groups -OCH3 is 1. The van der Waals surface area contributed by atoms with Gasteiger partial charge in [0, 0.05) is 24.3 Å². The van der Waals surface area contributed by atoms with Crippen LogP contribution in [0.3, 0.4) is 0 Å². The molecule has 1 unspecified atom stereocenters. The second kappa shape index (κ2) is 6.15. The Kier molecular flexibility index (Phi) is 3.83. The lowest BCUT2D eigenvalue weighted by atomic mass is 10.1. The summed E-state index contributed by atoms with van der Waals surface area (Å²) in [6.45, 7) is 0.556. The van der Waals surface area contributed by atoms with Crippen LogP contribution in [0.25, 0.3) is 33.1 Å². The summed E-state index contributed by atoms with van der Waals surface area (Å²) in [6, 6.07) is 7.81. The zero-order chi connectivity index (χ0) is 17.4. The minimum Gasteiger partial charge on any atom is -0.389 e. The molecule has 0 spiro atoms. The Morgan fingerprint density at radius 1 is 1.32 bits per heavy atom. The minimum absolute atomic E-state index is 0.239. The van der Waals surface area contributed by atoms with Gasteiger partial charge in [-0.2, -0.15) is 10.2 Å². The van der Waals surface area contributed by atoms with Gasteiger partial charge in [-0.25, -0.2) is 4.98 Å². The Bertz CT molecular complexity index is 1020. The van der Waals surface area contributed by atoms with E-state index in [9.17, 15) is 5.11 Å². The number of H-pyrrole nitrogens is 1. The minimum atomic E-state index is -0.652. The molecule has 0 fully saturated rings. The van der Waals surface area contributed by atoms with Gasteiger partial charge in [-0.1, -0.05) is 6.07 Å². The fourth-order valence-corrected chi connectivity index (χ4v) is 3.03. The Hall–Kier alpha value is -2.97. The zero-order valence-corrected chi connectivity index (χ0v) is 13.7. The SMILES string of the molecule is COCC(O)Cn1ncc2c(N)nc3cc(-c4cc[nH]n4)ccc3c21. The number of nitrogens with two attached hydrogens (primary N) is 1. The Morgan fingerprint density at radius 2 is 2.20 bits per heavy atom. The number of pyridine rings is 1. The van der Waals surface area contributed by atoms with Crippen LogP contribution in [-0.2, 0) is 11.3 Å². The lowest BCUT2D eigenvalue weighted by molar-refractivity contribution is 0.0523. The number of nitrogen functional groups attached to an aromatic ring is 1. The van der Waals surface area contributed by atoms with Gasteiger partial charge in [-0.15, -0.1) is 0 Å². The number of ether oxygens (including phenoxy) is 1. The summed E-state index contributed by atoms with van der Waals surface area (Å²) in [5.41, 5.74) is 9.52. The van der Waals surface area contributed by atoms with E-state index in [0.717, 1.165) is 33.1 Å². The van der Waals surface area contributed by atoms with Gasteiger partial charge in [0.05, 0.1) is 47.6 Å². The highest BCUT2D eigenvalue weighted by Gasteiger charge is 2.15. The molecule has 0 aliphatic carbocycles. The van der Waals surface area contributed by atoms with Crippen molar-refractivity contribution in [3.63, 3.8) is 0 Å². The monoisotopic (exact) mass is 338 g/mol. The van der Waals surface area contributed by atoms with Crippen LogP contribution in [0.15, 0.2) is 36.7 Å². The zero-order valence-electron chi connectivity index (χ0n) is 13.7. The van der Waals surface area contributed by atoms with Crippen molar-refractivity contribution >= 4 is 27.6 Å². The van der Waals surface area contributed by atoms with Crippen molar-refractivity contribution in [2.45, 2.75) is 12.6 Å². The number of benzene rings is 1. The highest BCUT2D eigenvalue weighted by Crippen LogP contribution is 2.30. The Morgan fingerprint density at radius 3 is 2.96 bits per heavy atom. The molecule has 0 aliphatic heterocycles. The van der Waals surface area contributed by atoms with Crippen LogP contribution < -0.4 is 5.73 Å². The molecular weight excluding hydrogens is 320 g/mol. The molecule has 0 bridgehead atoms. The topological polar surface area (TPSA) is 115 Å². The van der Waals surface area contributed by atoms with Gasteiger partial charge in [0.15, 0.2) is 0 Å². The summed E-state index contributed by atoms with van der Waals surface area (Å²) < 4.78 is 6.74. The van der Waals surface area contributed by atoms with Crippen LogP contribution in [0.4, 0.5) is 5.82 Å². The number of nitrogens with one attached hydrogen (secondary N) is 1. The van der Waals surface area contributed by atoms with Crippen LogP contribution in [0.2, 0.25) is 0 Å². The average Bonchev–Trinajstić information content (AvgIpc) is 3.25. The molecule has 128 valence electrons. The Labute approximate surface area is 143 Å². The molecule has 4 rings (SSSR count). The summed E-state index contributed by atoms with van der Waals surface area (Å²) in [5, 5.41) is 23.1. The first-order valence-electron chi connectivity index (χ1n) is 7.89. The summed E-state index contributed by atoms with van der Waals surface area (Å²) in [6.07, 6.45) is 2.80. The lowest BCUT2D eigenvalue weighted by Crippen LogP contribution is -2.21. The number of nitrogens with zero attached hydrogens (tertiary/aromatic N) is 4. The predicted octanol–water partition coefficient (Wildman–Crippen LogP) is 1.56. The molecule has 3 heterocycles. The molecule has 1 atom stereocenters. The van der Waals surface area contributed by atoms with E-state index < -0.39 is 6.10 Å². The maximum Gasteiger partial charge on any atom is 0.135 e. The molecule has 0 saturated carbocycles. The standard InChI is InChI=1S/C17H18N6O2/c1-25-9-11(24)8-23-16-12-3-2-10(14-4-5-19-22-14)6-15(12)21-17(18)13(16)7-20-23/h2-7,11,24H,8-9H2,1H3,(H2,18,21)(H,19,22). The normalized spacial score (nSPS) is 12.9. The summed E-state index contributed by atoms with van der Waals surface area (Å²) in [5.74, 6) is 0.411. The number of aromatic amines is 1. The number of hydrogen-bond donors (Lipinski definition) is 3. The first kappa shape index (κ1) is 15.6. The van der Waals surface area contributed by atoms with E-state index in [1.165, 1.54) is 0 Å². The van der Waals surface area contributed by atoms with Gasteiger partial charge < -0.3 is 15.6 Å². The predicted molar refractivity (Wildman–Crippen MR) is 94.9 cm³/mol. The molecule has 8 heteroatoms. The maximum absolute atomic E-state index is 10.0. The summed E-state index contributed by atoms with van der Waals surface area (Å²) in [4.78, 5) is 4.50. The van der Waals surface area contributed by atoms with E-state index in [1.807, 2.05) is 24.3 Å². The second-order valence-corrected chi connectivity index (χ2v) is 5.89. The molecular formula is C17H18N6O2. The van der Waals surface area contributed by atoms with Gasteiger partial charge >= 0.3 is 0 Å². The van der Waals surface area contributed by atoms with Crippen molar-refractivity contribution in [1.82, 2.24) is 25.0 Å². The first-order chi connectivity index (χ1) is 12.2. The third kappa shape index (κ3) is 2.71. The largest absolute Gasteiger partial charge is 0.389 e. The number of aliphatic hydroxyl groups is 1. The number of aromatic nitrogens is 5. The van der Waals surface area contributed by atoms with Crippen LogP contribution in [0.5, 0.6) is 0 Å². The van der Waals surface area contributed by atoms with E-state index in [2.05, 4.69) is 20.3 Å². The van der Waals surface area contributed by atoms with Gasteiger partial charge in [0.1, 0.15) is 5.82 Å². The highest BCUT2D eigenvalue weighted by atomic mass is 16.5. The fraction of sp³-hybridized carbons (Fsp3) is 0.235. The molecule has 8 nitrogen and oxygen atoms in total. The number of anilines is 1. The smallest absolute Gasteiger partial charge is 0.135 e. The number of fused-ring (bicyclic) bond motifs is 3. The Balaban J connectivity index is 1.88.